The quantitative estimate of drug-likeness (QED) is 0.468. The SMILES string of the molecule is CCC(CC(C)O)N1C(=O)[C@@](C)(CC(=O)O)C[C@H](c2cccc(Cl)c2)[C@H]1c1ccc(Cl)cc1. The zero-order valence-electron chi connectivity index (χ0n) is 19.2. The Bertz CT molecular complexity index is 994. The predicted molar refractivity (Wildman–Crippen MR) is 131 cm³/mol. The number of hydrogen-bond donors (Lipinski definition) is 2. The minimum atomic E-state index is -1.09. The summed E-state index contributed by atoms with van der Waals surface area (Å²) in [6.45, 7) is 5.43. The van der Waals surface area contributed by atoms with E-state index >= 15 is 0 Å². The highest BCUT2D eigenvalue weighted by Crippen LogP contribution is 2.52. The molecule has 178 valence electrons. The van der Waals surface area contributed by atoms with Crippen molar-refractivity contribution in [1.29, 1.82) is 0 Å². The Morgan fingerprint density at radius 1 is 1.15 bits per heavy atom. The van der Waals surface area contributed by atoms with Gasteiger partial charge in [0.05, 0.1) is 24.0 Å². The molecule has 0 spiro atoms. The van der Waals surface area contributed by atoms with Gasteiger partial charge in [-0.05, 0) is 61.6 Å². The van der Waals surface area contributed by atoms with Gasteiger partial charge in [0, 0.05) is 22.0 Å². The number of rotatable bonds is 8. The molecule has 0 radical (unpaired) electrons. The van der Waals surface area contributed by atoms with Crippen LogP contribution in [0.5, 0.6) is 0 Å². The van der Waals surface area contributed by atoms with E-state index in [4.69, 9.17) is 23.2 Å². The van der Waals surface area contributed by atoms with Crippen LogP contribution in [0.2, 0.25) is 10.0 Å². The van der Waals surface area contributed by atoms with Crippen molar-refractivity contribution in [2.45, 2.75) is 70.6 Å². The first-order valence-electron chi connectivity index (χ1n) is 11.3. The van der Waals surface area contributed by atoms with Crippen molar-refractivity contribution >= 4 is 35.1 Å². The molecular weight excluding hydrogens is 461 g/mol. The monoisotopic (exact) mass is 491 g/mol. The van der Waals surface area contributed by atoms with Gasteiger partial charge in [0.15, 0.2) is 0 Å². The van der Waals surface area contributed by atoms with E-state index < -0.39 is 17.5 Å². The van der Waals surface area contributed by atoms with E-state index in [-0.39, 0.29) is 30.3 Å². The largest absolute Gasteiger partial charge is 0.481 e. The highest BCUT2D eigenvalue weighted by atomic mass is 35.5. The Hall–Kier alpha value is -2.08. The third kappa shape index (κ3) is 5.71. The number of amides is 1. The maximum Gasteiger partial charge on any atom is 0.304 e. The van der Waals surface area contributed by atoms with Gasteiger partial charge in [0.25, 0.3) is 0 Å². The van der Waals surface area contributed by atoms with Gasteiger partial charge in [0.1, 0.15) is 0 Å². The number of carbonyl (C=O) groups is 2. The first kappa shape index (κ1) is 25.5. The number of hydrogen-bond acceptors (Lipinski definition) is 3. The van der Waals surface area contributed by atoms with Crippen molar-refractivity contribution in [2.24, 2.45) is 5.41 Å². The molecule has 0 saturated carbocycles. The first-order valence-corrected chi connectivity index (χ1v) is 12.0. The maximum absolute atomic E-state index is 14.0. The Morgan fingerprint density at radius 2 is 1.82 bits per heavy atom. The fourth-order valence-electron chi connectivity index (χ4n) is 5.15. The Labute approximate surface area is 205 Å². The van der Waals surface area contributed by atoms with E-state index in [1.54, 1.807) is 32.0 Å². The molecule has 33 heavy (non-hydrogen) atoms. The smallest absolute Gasteiger partial charge is 0.304 e. The van der Waals surface area contributed by atoms with Gasteiger partial charge in [0.2, 0.25) is 5.91 Å². The van der Waals surface area contributed by atoms with Crippen molar-refractivity contribution < 1.29 is 19.8 Å². The number of likely N-dealkylation sites (tertiary alicyclic amines) is 1. The summed E-state index contributed by atoms with van der Waals surface area (Å²) in [5.74, 6) is -1.39. The van der Waals surface area contributed by atoms with Crippen molar-refractivity contribution in [3.05, 3.63) is 69.7 Å². The van der Waals surface area contributed by atoms with Crippen molar-refractivity contribution in [2.75, 3.05) is 0 Å². The standard InChI is InChI=1S/C26H31Cl2NO4/c1-4-21(12-16(2)30)29-24(17-8-10-19(27)11-9-17)22(18-6-5-7-20(28)13-18)14-26(3,25(29)33)15-23(31)32/h5-11,13,16,21-22,24,30H,4,12,14-15H2,1-3H3,(H,31,32)/t16?,21?,22-,24-,26-/m1/s1. The van der Waals surface area contributed by atoms with Crippen LogP contribution < -0.4 is 0 Å². The topological polar surface area (TPSA) is 77.8 Å². The molecule has 0 aromatic heterocycles. The number of carboxylic acid groups (broad SMARTS) is 1. The Kier molecular flexibility index (Phi) is 8.09. The van der Waals surface area contributed by atoms with E-state index in [0.717, 1.165) is 11.1 Å². The molecule has 0 bridgehead atoms. The molecule has 1 aliphatic rings. The number of nitrogens with zero attached hydrogens (tertiary/aromatic N) is 1. The number of halogens is 2. The molecule has 1 heterocycles. The van der Waals surface area contributed by atoms with Crippen molar-refractivity contribution in [1.82, 2.24) is 4.90 Å². The summed E-state index contributed by atoms with van der Waals surface area (Å²) in [7, 11) is 0. The number of aliphatic carboxylic acids is 1. The Balaban J connectivity index is 2.23. The second-order valence-electron chi connectivity index (χ2n) is 9.35. The van der Waals surface area contributed by atoms with Gasteiger partial charge in [-0.2, -0.15) is 0 Å². The summed E-state index contributed by atoms with van der Waals surface area (Å²) in [5.41, 5.74) is 0.774. The summed E-state index contributed by atoms with van der Waals surface area (Å²) < 4.78 is 0. The number of carboxylic acids is 1. The number of carbonyl (C=O) groups excluding carboxylic acids is 1. The van der Waals surface area contributed by atoms with E-state index in [9.17, 15) is 19.8 Å². The van der Waals surface area contributed by atoms with Crippen LogP contribution in [-0.4, -0.2) is 39.1 Å². The van der Waals surface area contributed by atoms with Crippen LogP contribution in [-0.2, 0) is 9.59 Å². The molecule has 1 fully saturated rings. The molecule has 5 nitrogen and oxygen atoms in total. The van der Waals surface area contributed by atoms with E-state index in [0.29, 0.717) is 29.3 Å². The zero-order chi connectivity index (χ0) is 24.3. The molecule has 2 unspecified atom stereocenters. The molecule has 5 atom stereocenters. The van der Waals surface area contributed by atoms with Crippen LogP contribution in [0, 0.1) is 5.41 Å². The lowest BCUT2D eigenvalue weighted by molar-refractivity contribution is -0.161. The van der Waals surface area contributed by atoms with Crippen LogP contribution in [0.25, 0.3) is 0 Å². The van der Waals surface area contributed by atoms with Gasteiger partial charge >= 0.3 is 5.97 Å². The van der Waals surface area contributed by atoms with Gasteiger partial charge in [-0.25, -0.2) is 0 Å². The summed E-state index contributed by atoms with van der Waals surface area (Å²) in [5, 5.41) is 21.0. The van der Waals surface area contributed by atoms with Crippen LogP contribution in [0.1, 0.15) is 69.5 Å². The minimum absolute atomic E-state index is 0.185. The number of aliphatic hydroxyl groups excluding tert-OH is 1. The molecule has 2 aromatic rings. The molecule has 0 aliphatic carbocycles. The van der Waals surface area contributed by atoms with Gasteiger partial charge < -0.3 is 15.1 Å². The average Bonchev–Trinajstić information content (AvgIpc) is 2.74. The van der Waals surface area contributed by atoms with E-state index in [1.165, 1.54) is 0 Å². The molecule has 1 saturated heterocycles. The van der Waals surface area contributed by atoms with Crippen LogP contribution >= 0.6 is 23.2 Å². The van der Waals surface area contributed by atoms with Crippen LogP contribution in [0.4, 0.5) is 0 Å². The van der Waals surface area contributed by atoms with Gasteiger partial charge in [-0.3, -0.25) is 9.59 Å². The molecule has 2 N–H and O–H groups in total. The highest BCUT2D eigenvalue weighted by Gasteiger charge is 2.52. The predicted octanol–water partition coefficient (Wildman–Crippen LogP) is 6.08. The third-order valence-electron chi connectivity index (χ3n) is 6.61. The third-order valence-corrected chi connectivity index (χ3v) is 7.10. The molecule has 2 aromatic carbocycles. The minimum Gasteiger partial charge on any atom is -0.481 e. The lowest BCUT2D eigenvalue weighted by atomic mass is 9.67. The normalized spacial score (nSPS) is 25.0. The number of aliphatic hydroxyl groups is 1. The number of benzene rings is 2. The molecule has 1 amide bonds. The second kappa shape index (κ2) is 10.5. The van der Waals surface area contributed by atoms with E-state index in [2.05, 4.69) is 0 Å². The average molecular weight is 492 g/mol. The summed E-state index contributed by atoms with van der Waals surface area (Å²) >= 11 is 12.5. The molecule has 1 aliphatic heterocycles. The summed E-state index contributed by atoms with van der Waals surface area (Å²) in [4.78, 5) is 27.6. The molecule has 7 heteroatoms. The van der Waals surface area contributed by atoms with Gasteiger partial charge in [-0.15, -0.1) is 0 Å². The fourth-order valence-corrected chi connectivity index (χ4v) is 5.48. The van der Waals surface area contributed by atoms with Crippen molar-refractivity contribution in [3.8, 4) is 0 Å². The fraction of sp³-hybridized carbons (Fsp3) is 0.462. The first-order chi connectivity index (χ1) is 15.6. The maximum atomic E-state index is 14.0. The number of piperidine rings is 1. The van der Waals surface area contributed by atoms with Gasteiger partial charge in [-0.1, -0.05) is 61.3 Å². The van der Waals surface area contributed by atoms with Crippen LogP contribution in [0.3, 0.4) is 0 Å². The highest BCUT2D eigenvalue weighted by molar-refractivity contribution is 6.30. The van der Waals surface area contributed by atoms with Crippen molar-refractivity contribution in [3.63, 3.8) is 0 Å². The molecule has 3 rings (SSSR count). The molecular formula is C26H31Cl2NO4. The zero-order valence-corrected chi connectivity index (χ0v) is 20.7. The summed E-state index contributed by atoms with van der Waals surface area (Å²) in [6.07, 6.45) is 0.528. The van der Waals surface area contributed by atoms with E-state index in [1.807, 2.05) is 42.2 Å². The second-order valence-corrected chi connectivity index (χ2v) is 10.2. The lowest BCUT2D eigenvalue weighted by Gasteiger charge is -2.52. The summed E-state index contributed by atoms with van der Waals surface area (Å²) in [6, 6.07) is 14.4. The lowest BCUT2D eigenvalue weighted by Crippen LogP contribution is -2.56. The Morgan fingerprint density at radius 3 is 2.36 bits per heavy atom. The van der Waals surface area contributed by atoms with Crippen LogP contribution in [0.15, 0.2) is 48.5 Å².